The average Bonchev–Trinajstić information content (AvgIpc) is 3.27. The molecular formula is C25H25F6N3O2. The lowest BCUT2D eigenvalue weighted by Gasteiger charge is -2.22. The van der Waals surface area contributed by atoms with E-state index >= 15 is 0 Å². The van der Waals surface area contributed by atoms with Gasteiger partial charge in [0.1, 0.15) is 6.26 Å². The van der Waals surface area contributed by atoms with Crippen LogP contribution in [0.2, 0.25) is 0 Å². The lowest BCUT2D eigenvalue weighted by molar-refractivity contribution is -0.138. The minimum atomic E-state index is -4.54. The normalized spacial score (nSPS) is 13.1. The van der Waals surface area contributed by atoms with Crippen LogP contribution < -0.4 is 5.32 Å². The summed E-state index contributed by atoms with van der Waals surface area (Å²) in [6.07, 6.45) is -7.21. The first-order valence-electron chi connectivity index (χ1n) is 11.1. The second-order valence-electron chi connectivity index (χ2n) is 8.45. The number of rotatable bonds is 9. The van der Waals surface area contributed by atoms with Gasteiger partial charge in [0, 0.05) is 19.1 Å². The minimum Gasteiger partial charge on any atom is -0.447 e. The molecule has 1 N–H and O–H groups in total. The maximum absolute atomic E-state index is 13.2. The Hall–Kier alpha value is -3.34. The summed E-state index contributed by atoms with van der Waals surface area (Å²) in [5.74, 6) is -0.343. The summed E-state index contributed by atoms with van der Waals surface area (Å²) in [5, 5.41) is 2.74. The highest BCUT2D eigenvalue weighted by Gasteiger charge is 2.31. The van der Waals surface area contributed by atoms with E-state index in [1.807, 2.05) is 13.8 Å². The molecule has 1 heterocycles. The Morgan fingerprint density at radius 2 is 1.47 bits per heavy atom. The Labute approximate surface area is 204 Å². The van der Waals surface area contributed by atoms with Crippen LogP contribution in [0, 0.1) is 0 Å². The van der Waals surface area contributed by atoms with Crippen LogP contribution >= 0.6 is 0 Å². The van der Waals surface area contributed by atoms with Crippen LogP contribution in [0.5, 0.6) is 0 Å². The second-order valence-corrected chi connectivity index (χ2v) is 8.45. The number of benzene rings is 2. The van der Waals surface area contributed by atoms with Gasteiger partial charge in [-0.1, -0.05) is 43.3 Å². The van der Waals surface area contributed by atoms with Gasteiger partial charge in [-0.05, 0) is 36.6 Å². The molecule has 3 rings (SSSR count). The van der Waals surface area contributed by atoms with Crippen molar-refractivity contribution in [3.8, 4) is 0 Å². The fourth-order valence-corrected chi connectivity index (χ4v) is 3.46. The van der Waals surface area contributed by atoms with Gasteiger partial charge in [0.25, 0.3) is 5.91 Å². The van der Waals surface area contributed by atoms with Gasteiger partial charge in [0.15, 0.2) is 5.69 Å². The zero-order valence-corrected chi connectivity index (χ0v) is 19.6. The number of carbonyl (C=O) groups excluding carboxylic acids is 1. The van der Waals surface area contributed by atoms with Crippen LogP contribution in [0.25, 0.3) is 0 Å². The van der Waals surface area contributed by atoms with Gasteiger partial charge < -0.3 is 9.73 Å². The maximum atomic E-state index is 13.2. The quantitative estimate of drug-likeness (QED) is 0.335. The summed E-state index contributed by atoms with van der Waals surface area (Å²) in [6.45, 7) is 3.61. The van der Waals surface area contributed by atoms with Crippen molar-refractivity contribution in [1.29, 1.82) is 0 Å². The van der Waals surface area contributed by atoms with E-state index in [-0.39, 0.29) is 37.3 Å². The molecular weight excluding hydrogens is 488 g/mol. The van der Waals surface area contributed by atoms with Crippen LogP contribution in [-0.4, -0.2) is 21.8 Å². The zero-order chi connectivity index (χ0) is 26.5. The Kier molecular flexibility index (Phi) is 8.44. The van der Waals surface area contributed by atoms with Crippen molar-refractivity contribution in [2.24, 2.45) is 0 Å². The van der Waals surface area contributed by atoms with E-state index in [0.717, 1.165) is 24.3 Å². The fourth-order valence-electron chi connectivity index (χ4n) is 3.46. The van der Waals surface area contributed by atoms with Gasteiger partial charge in [-0.2, -0.15) is 26.3 Å². The molecule has 2 aromatic carbocycles. The standard InChI is InChI=1S/C25H25F6N3O2/c1-3-16(2)32-23(35)21-15-36-22(33-21)14-34(12-17-6-4-8-19(10-17)24(26,27)28)13-18-7-5-9-20(11-18)25(29,30)31/h4-11,15-16H,3,12-14H2,1-2H3,(H,32,35). The molecule has 0 aliphatic carbocycles. The molecule has 1 unspecified atom stereocenters. The van der Waals surface area contributed by atoms with E-state index in [1.54, 1.807) is 4.90 Å². The Bertz CT molecular complexity index is 1110. The molecule has 0 fully saturated rings. The Morgan fingerprint density at radius 1 is 0.944 bits per heavy atom. The number of nitrogens with zero attached hydrogens (tertiary/aromatic N) is 2. The number of halogens is 6. The molecule has 0 aliphatic heterocycles. The highest BCUT2D eigenvalue weighted by molar-refractivity contribution is 5.92. The van der Waals surface area contributed by atoms with Crippen LogP contribution in [0.15, 0.2) is 59.2 Å². The number of hydrogen-bond donors (Lipinski definition) is 1. The van der Waals surface area contributed by atoms with Gasteiger partial charge in [-0.15, -0.1) is 0 Å². The second kappa shape index (κ2) is 11.2. The van der Waals surface area contributed by atoms with E-state index in [2.05, 4.69) is 10.3 Å². The summed E-state index contributed by atoms with van der Waals surface area (Å²) in [5.41, 5.74) is -1.03. The molecule has 11 heteroatoms. The summed E-state index contributed by atoms with van der Waals surface area (Å²) in [7, 11) is 0. The van der Waals surface area contributed by atoms with Crippen LogP contribution in [-0.2, 0) is 32.0 Å². The average molecular weight is 513 g/mol. The maximum Gasteiger partial charge on any atom is 0.416 e. The smallest absolute Gasteiger partial charge is 0.416 e. The molecule has 5 nitrogen and oxygen atoms in total. The Morgan fingerprint density at radius 3 is 1.94 bits per heavy atom. The van der Waals surface area contributed by atoms with E-state index in [1.165, 1.54) is 30.5 Å². The molecule has 0 bridgehead atoms. The molecule has 1 amide bonds. The molecule has 194 valence electrons. The van der Waals surface area contributed by atoms with E-state index in [9.17, 15) is 31.1 Å². The van der Waals surface area contributed by atoms with E-state index in [4.69, 9.17) is 4.42 Å². The molecule has 36 heavy (non-hydrogen) atoms. The number of oxazole rings is 1. The first kappa shape index (κ1) is 27.3. The lowest BCUT2D eigenvalue weighted by Crippen LogP contribution is -2.32. The summed E-state index contributed by atoms with van der Waals surface area (Å²) in [4.78, 5) is 18.0. The minimum absolute atomic E-state index is 0.0308. The topological polar surface area (TPSA) is 58.4 Å². The summed E-state index contributed by atoms with van der Waals surface area (Å²) >= 11 is 0. The number of nitrogens with one attached hydrogen (secondary N) is 1. The van der Waals surface area contributed by atoms with Crippen molar-refractivity contribution < 1.29 is 35.6 Å². The highest BCUT2D eigenvalue weighted by atomic mass is 19.4. The van der Waals surface area contributed by atoms with Crippen molar-refractivity contribution in [2.45, 2.75) is 58.3 Å². The third kappa shape index (κ3) is 7.58. The van der Waals surface area contributed by atoms with Crippen LogP contribution in [0.1, 0.15) is 58.9 Å². The zero-order valence-electron chi connectivity index (χ0n) is 19.6. The fraction of sp³-hybridized carbons (Fsp3) is 0.360. The molecule has 3 aromatic rings. The monoisotopic (exact) mass is 513 g/mol. The highest BCUT2D eigenvalue weighted by Crippen LogP contribution is 2.31. The Balaban J connectivity index is 1.85. The number of carbonyl (C=O) groups is 1. The van der Waals surface area contributed by atoms with Crippen molar-refractivity contribution in [3.63, 3.8) is 0 Å². The van der Waals surface area contributed by atoms with Gasteiger partial charge in [0.2, 0.25) is 5.89 Å². The van der Waals surface area contributed by atoms with Crippen molar-refractivity contribution >= 4 is 5.91 Å². The molecule has 0 saturated carbocycles. The summed E-state index contributed by atoms with van der Waals surface area (Å²) in [6, 6.07) is 9.29. The predicted molar refractivity (Wildman–Crippen MR) is 120 cm³/mol. The number of hydrogen-bond acceptors (Lipinski definition) is 4. The predicted octanol–water partition coefficient (Wildman–Crippen LogP) is 6.44. The van der Waals surface area contributed by atoms with Crippen molar-refractivity contribution in [3.05, 3.63) is 88.6 Å². The SMILES string of the molecule is CCC(C)NC(=O)c1coc(CN(Cc2cccc(C(F)(F)F)c2)Cc2cccc(C(F)(F)F)c2)n1. The van der Waals surface area contributed by atoms with Gasteiger partial charge in [0.05, 0.1) is 17.7 Å². The molecule has 0 spiro atoms. The van der Waals surface area contributed by atoms with Crippen LogP contribution in [0.3, 0.4) is 0 Å². The largest absolute Gasteiger partial charge is 0.447 e. The van der Waals surface area contributed by atoms with Crippen molar-refractivity contribution in [2.75, 3.05) is 0 Å². The first-order valence-corrected chi connectivity index (χ1v) is 11.1. The van der Waals surface area contributed by atoms with E-state index < -0.39 is 29.4 Å². The van der Waals surface area contributed by atoms with Crippen molar-refractivity contribution in [1.82, 2.24) is 15.2 Å². The first-order chi connectivity index (χ1) is 16.8. The summed E-state index contributed by atoms with van der Waals surface area (Å²) < 4.78 is 84.4. The molecule has 1 aromatic heterocycles. The third-order valence-electron chi connectivity index (χ3n) is 5.45. The number of amides is 1. The third-order valence-corrected chi connectivity index (χ3v) is 5.45. The van der Waals surface area contributed by atoms with Crippen LogP contribution in [0.4, 0.5) is 26.3 Å². The van der Waals surface area contributed by atoms with Gasteiger partial charge >= 0.3 is 12.4 Å². The number of alkyl halides is 6. The molecule has 0 saturated heterocycles. The lowest BCUT2D eigenvalue weighted by atomic mass is 10.1. The molecule has 0 radical (unpaired) electrons. The van der Waals surface area contributed by atoms with Gasteiger partial charge in [-0.25, -0.2) is 4.98 Å². The molecule has 1 atom stereocenters. The molecule has 0 aliphatic rings. The van der Waals surface area contributed by atoms with Gasteiger partial charge in [-0.3, -0.25) is 9.69 Å². The number of aromatic nitrogens is 1. The van der Waals surface area contributed by atoms with E-state index in [0.29, 0.717) is 17.5 Å².